The lowest BCUT2D eigenvalue weighted by atomic mass is 10.1. The molecule has 6 nitrogen and oxygen atoms in total. The van der Waals surface area contributed by atoms with Crippen LogP contribution in [0.25, 0.3) is 0 Å². The zero-order chi connectivity index (χ0) is 17.1. The molecule has 1 aliphatic rings. The predicted octanol–water partition coefficient (Wildman–Crippen LogP) is 1.42. The van der Waals surface area contributed by atoms with Gasteiger partial charge in [0.15, 0.2) is 0 Å². The van der Waals surface area contributed by atoms with Crippen LogP contribution in [0.1, 0.15) is 10.6 Å². The molecule has 1 aliphatic heterocycles. The van der Waals surface area contributed by atoms with Crippen LogP contribution >= 0.6 is 11.5 Å². The van der Waals surface area contributed by atoms with Crippen molar-refractivity contribution in [3.05, 3.63) is 40.7 Å². The second kappa shape index (κ2) is 7.23. The van der Waals surface area contributed by atoms with Crippen LogP contribution in [0, 0.1) is 12.7 Å². The zero-order valence-electron chi connectivity index (χ0n) is 13.7. The maximum absolute atomic E-state index is 13.1. The third-order valence-electron chi connectivity index (χ3n) is 4.17. The molecule has 0 aliphatic carbocycles. The molecule has 1 saturated heterocycles. The minimum Gasteiger partial charge on any atom is -0.368 e. The summed E-state index contributed by atoms with van der Waals surface area (Å²) in [7, 11) is 1.79. The number of likely N-dealkylation sites (N-methyl/N-ethyl adjacent to an activating group) is 1. The number of aryl methyl sites for hydroxylation is 1. The van der Waals surface area contributed by atoms with Crippen molar-refractivity contribution in [2.45, 2.75) is 19.5 Å². The van der Waals surface area contributed by atoms with Crippen molar-refractivity contribution in [1.29, 1.82) is 0 Å². The highest BCUT2D eigenvalue weighted by atomic mass is 32.1. The van der Waals surface area contributed by atoms with E-state index >= 15 is 0 Å². The molecule has 3 rings (SSSR count). The highest BCUT2D eigenvalue weighted by molar-refractivity contribution is 7.05. The lowest BCUT2D eigenvalue weighted by Gasteiger charge is -2.36. The molecular weight excluding hydrogens is 329 g/mol. The van der Waals surface area contributed by atoms with Gasteiger partial charge in [-0.05, 0) is 42.7 Å². The van der Waals surface area contributed by atoms with Gasteiger partial charge in [-0.25, -0.2) is 4.39 Å². The second-order valence-electron chi connectivity index (χ2n) is 5.90. The van der Waals surface area contributed by atoms with Gasteiger partial charge in [-0.2, -0.15) is 0 Å². The average molecular weight is 349 g/mol. The van der Waals surface area contributed by atoms with Crippen molar-refractivity contribution in [1.82, 2.24) is 19.8 Å². The smallest absolute Gasteiger partial charge is 0.241 e. The van der Waals surface area contributed by atoms with Crippen molar-refractivity contribution in [2.75, 3.05) is 31.6 Å². The Bertz CT molecular complexity index is 705. The van der Waals surface area contributed by atoms with Gasteiger partial charge < -0.3 is 15.1 Å². The Hall–Kier alpha value is -2.06. The molecule has 0 radical (unpaired) electrons. The number of piperazine rings is 1. The predicted molar refractivity (Wildman–Crippen MR) is 91.5 cm³/mol. The van der Waals surface area contributed by atoms with E-state index in [1.807, 2.05) is 6.92 Å². The standard InChI is InChI=1S/C16H20FN5OS/c1-11-15(24-20-19-11)10-21(2)16(23)14-9-22(8-7-18-14)13-5-3-12(17)4-6-13/h3-6,14,18H,7-10H2,1-2H3. The highest BCUT2D eigenvalue weighted by Crippen LogP contribution is 2.18. The number of hydrogen-bond donors (Lipinski definition) is 1. The van der Waals surface area contributed by atoms with Crippen LogP contribution in [0.2, 0.25) is 0 Å². The van der Waals surface area contributed by atoms with Crippen LogP contribution in [0.4, 0.5) is 10.1 Å². The molecule has 1 unspecified atom stereocenters. The number of anilines is 1. The molecule has 1 atom stereocenters. The van der Waals surface area contributed by atoms with Crippen molar-refractivity contribution in [3.8, 4) is 0 Å². The Balaban J connectivity index is 1.64. The van der Waals surface area contributed by atoms with Crippen LogP contribution in [0.5, 0.6) is 0 Å². The van der Waals surface area contributed by atoms with Crippen molar-refractivity contribution >= 4 is 23.1 Å². The number of nitrogens with one attached hydrogen (secondary N) is 1. The van der Waals surface area contributed by atoms with E-state index in [0.29, 0.717) is 19.6 Å². The Labute approximate surface area is 144 Å². The molecule has 0 spiro atoms. The summed E-state index contributed by atoms with van der Waals surface area (Å²) in [5.74, 6) is -0.218. The highest BCUT2D eigenvalue weighted by Gasteiger charge is 2.28. The summed E-state index contributed by atoms with van der Waals surface area (Å²) in [6.45, 7) is 4.47. The third kappa shape index (κ3) is 3.70. The van der Waals surface area contributed by atoms with E-state index in [2.05, 4.69) is 19.8 Å². The van der Waals surface area contributed by atoms with Crippen molar-refractivity contribution in [2.24, 2.45) is 0 Å². The number of hydrogen-bond acceptors (Lipinski definition) is 6. The van der Waals surface area contributed by atoms with E-state index in [1.165, 1.54) is 23.7 Å². The van der Waals surface area contributed by atoms with Gasteiger partial charge in [0.05, 0.1) is 17.1 Å². The third-order valence-corrected chi connectivity index (χ3v) is 4.98. The SMILES string of the molecule is Cc1nnsc1CN(C)C(=O)C1CN(c2ccc(F)cc2)CCN1. The van der Waals surface area contributed by atoms with Crippen LogP contribution in [-0.4, -0.2) is 53.1 Å². The van der Waals surface area contributed by atoms with Gasteiger partial charge in [-0.3, -0.25) is 4.79 Å². The number of carbonyl (C=O) groups excluding carboxylic acids is 1. The van der Waals surface area contributed by atoms with Gasteiger partial charge in [0, 0.05) is 32.4 Å². The monoisotopic (exact) mass is 349 g/mol. The maximum atomic E-state index is 13.1. The van der Waals surface area contributed by atoms with E-state index in [0.717, 1.165) is 22.8 Å². The first-order valence-electron chi connectivity index (χ1n) is 7.81. The van der Waals surface area contributed by atoms with Gasteiger partial charge in [0.2, 0.25) is 5.91 Å². The van der Waals surface area contributed by atoms with Crippen LogP contribution < -0.4 is 10.2 Å². The number of aromatic nitrogens is 2. The maximum Gasteiger partial charge on any atom is 0.241 e. The number of halogens is 1. The summed E-state index contributed by atoms with van der Waals surface area (Å²) in [4.78, 5) is 17.5. The van der Waals surface area contributed by atoms with Crippen molar-refractivity contribution < 1.29 is 9.18 Å². The summed E-state index contributed by atoms with van der Waals surface area (Å²) < 4.78 is 17.0. The van der Waals surface area contributed by atoms with Gasteiger partial charge in [0.1, 0.15) is 11.9 Å². The summed E-state index contributed by atoms with van der Waals surface area (Å²) in [6.07, 6.45) is 0. The number of rotatable bonds is 4. The molecule has 8 heteroatoms. The molecule has 1 aromatic carbocycles. The topological polar surface area (TPSA) is 61.4 Å². The fraction of sp³-hybridized carbons (Fsp3) is 0.438. The fourth-order valence-electron chi connectivity index (χ4n) is 2.76. The zero-order valence-corrected chi connectivity index (χ0v) is 14.5. The molecule has 0 saturated carbocycles. The minimum atomic E-state index is -0.282. The van der Waals surface area contributed by atoms with Gasteiger partial charge in [-0.1, -0.05) is 4.49 Å². The summed E-state index contributed by atoms with van der Waals surface area (Å²) in [5, 5.41) is 7.25. The molecule has 1 amide bonds. The summed E-state index contributed by atoms with van der Waals surface area (Å²) in [6, 6.07) is 6.10. The Kier molecular flexibility index (Phi) is 5.06. The van der Waals surface area contributed by atoms with E-state index < -0.39 is 0 Å². The molecule has 1 fully saturated rings. The normalized spacial score (nSPS) is 17.8. The lowest BCUT2D eigenvalue weighted by Crippen LogP contribution is -2.57. The molecular formula is C16H20FN5OS. The quantitative estimate of drug-likeness (QED) is 0.905. The van der Waals surface area contributed by atoms with Crippen LogP contribution in [-0.2, 0) is 11.3 Å². The molecule has 24 heavy (non-hydrogen) atoms. The molecule has 128 valence electrons. The Morgan fingerprint density at radius 2 is 2.21 bits per heavy atom. The summed E-state index contributed by atoms with van der Waals surface area (Å²) >= 11 is 1.32. The second-order valence-corrected chi connectivity index (χ2v) is 6.74. The number of amides is 1. The molecule has 2 heterocycles. The van der Waals surface area contributed by atoms with Crippen molar-refractivity contribution in [3.63, 3.8) is 0 Å². The first-order valence-corrected chi connectivity index (χ1v) is 8.58. The van der Waals surface area contributed by atoms with Gasteiger partial charge in [-0.15, -0.1) is 5.10 Å². The van der Waals surface area contributed by atoms with E-state index in [-0.39, 0.29) is 17.8 Å². The van der Waals surface area contributed by atoms with E-state index in [9.17, 15) is 9.18 Å². The number of nitrogens with zero attached hydrogens (tertiary/aromatic N) is 4. The Morgan fingerprint density at radius 3 is 2.88 bits per heavy atom. The summed E-state index contributed by atoms with van der Waals surface area (Å²) in [5.41, 5.74) is 1.80. The van der Waals surface area contributed by atoms with E-state index in [4.69, 9.17) is 0 Å². The Morgan fingerprint density at radius 1 is 1.46 bits per heavy atom. The van der Waals surface area contributed by atoms with Gasteiger partial charge in [0.25, 0.3) is 0 Å². The largest absolute Gasteiger partial charge is 0.368 e. The average Bonchev–Trinajstić information content (AvgIpc) is 3.00. The first-order chi connectivity index (χ1) is 11.5. The molecule has 2 aromatic rings. The van der Waals surface area contributed by atoms with E-state index in [1.54, 1.807) is 24.1 Å². The number of benzene rings is 1. The molecule has 1 aromatic heterocycles. The minimum absolute atomic E-state index is 0.0367. The molecule has 0 bridgehead atoms. The van der Waals surface area contributed by atoms with Gasteiger partial charge >= 0.3 is 0 Å². The fourth-order valence-corrected chi connectivity index (χ4v) is 3.44. The van der Waals surface area contributed by atoms with Crippen LogP contribution in [0.15, 0.2) is 24.3 Å². The lowest BCUT2D eigenvalue weighted by molar-refractivity contribution is -0.132. The number of carbonyl (C=O) groups is 1. The first kappa shape index (κ1) is 16.8. The van der Waals surface area contributed by atoms with Crippen LogP contribution in [0.3, 0.4) is 0 Å². The molecule has 1 N–H and O–H groups in total.